The van der Waals surface area contributed by atoms with E-state index in [-0.39, 0.29) is 6.04 Å². The van der Waals surface area contributed by atoms with E-state index in [0.717, 1.165) is 0 Å². The molecule has 2 atom stereocenters. The van der Waals surface area contributed by atoms with Crippen molar-refractivity contribution in [3.05, 3.63) is 0 Å². The van der Waals surface area contributed by atoms with Crippen LogP contribution in [0, 0.1) is 0 Å². The molecule has 6 nitrogen and oxygen atoms in total. The van der Waals surface area contributed by atoms with Crippen LogP contribution < -0.4 is 0 Å². The van der Waals surface area contributed by atoms with Crippen LogP contribution in [0.5, 0.6) is 0 Å². The molecule has 14 heavy (non-hydrogen) atoms. The minimum absolute atomic E-state index is 0.184. The van der Waals surface area contributed by atoms with Gasteiger partial charge >= 0.3 is 17.4 Å². The van der Waals surface area contributed by atoms with Gasteiger partial charge in [0.05, 0.1) is 12.7 Å². The maximum absolute atomic E-state index is 9.76. The van der Waals surface area contributed by atoms with Gasteiger partial charge in [-0.2, -0.15) is 0 Å². The average Bonchev–Trinajstić information content (AvgIpc) is 2.00. The van der Waals surface area contributed by atoms with Gasteiger partial charge in [0.25, 0.3) is 0 Å². The van der Waals surface area contributed by atoms with Crippen LogP contribution in [0.15, 0.2) is 0 Å². The van der Waals surface area contributed by atoms with Crippen molar-refractivity contribution < 1.29 is 28.3 Å². The monoisotopic (exact) mass is 242 g/mol. The molecule has 0 radical (unpaired) electrons. The Labute approximate surface area is 85.3 Å². The van der Waals surface area contributed by atoms with Crippen LogP contribution in [0.4, 0.5) is 0 Å². The van der Waals surface area contributed by atoms with Crippen LogP contribution in [0.2, 0.25) is 19.1 Å². The molecule has 0 heterocycles. The van der Waals surface area contributed by atoms with Crippen molar-refractivity contribution in [2.24, 2.45) is 0 Å². The molecule has 0 bridgehead atoms. The maximum atomic E-state index is 9.76. The van der Waals surface area contributed by atoms with Crippen LogP contribution >= 0.6 is 0 Å². The van der Waals surface area contributed by atoms with E-state index in [4.69, 9.17) is 18.8 Å². The fourth-order valence-electron chi connectivity index (χ4n) is 0.919. The van der Waals surface area contributed by atoms with E-state index < -0.39 is 30.1 Å². The molecule has 0 aromatic heterocycles. The molecule has 86 valence electrons. The lowest BCUT2D eigenvalue weighted by atomic mass is 10.4. The van der Waals surface area contributed by atoms with Gasteiger partial charge in [0.1, 0.15) is 0 Å². The highest BCUT2D eigenvalue weighted by Gasteiger charge is 2.43. The Morgan fingerprint density at radius 3 is 2.07 bits per heavy atom. The van der Waals surface area contributed by atoms with Gasteiger partial charge in [0.2, 0.25) is 0 Å². The van der Waals surface area contributed by atoms with Crippen molar-refractivity contribution in [2.75, 3.05) is 13.7 Å². The molecule has 4 N–H and O–H groups in total. The minimum atomic E-state index is -3.54. The van der Waals surface area contributed by atoms with Gasteiger partial charge in [-0.15, -0.1) is 0 Å². The molecule has 8 heteroatoms. The van der Waals surface area contributed by atoms with Gasteiger partial charge < -0.3 is 28.3 Å². The molecule has 0 saturated carbocycles. The molecular formula is C6H18O6Si2. The molecule has 0 aliphatic rings. The molecule has 0 saturated heterocycles. The number of hydrogen-bond acceptors (Lipinski definition) is 6. The first-order chi connectivity index (χ1) is 6.22. The topological polar surface area (TPSA) is 99.4 Å². The largest absolute Gasteiger partial charge is 0.491 e. The van der Waals surface area contributed by atoms with Crippen molar-refractivity contribution in [1.29, 1.82) is 0 Å². The predicted octanol–water partition coefficient (Wildman–Crippen LogP) is -1.37. The Morgan fingerprint density at radius 1 is 1.29 bits per heavy atom. The fourth-order valence-corrected chi connectivity index (χ4v) is 5.60. The van der Waals surface area contributed by atoms with Gasteiger partial charge in [-0.25, -0.2) is 0 Å². The standard InChI is InChI=1S/C6H18O6Si2/c1-11-14(10,5-6(8)4-7)12-13(2,3)9/h6-10H,4-5H2,1-3H3. The maximum Gasteiger partial charge on any atom is 0.491 e. The van der Waals surface area contributed by atoms with Gasteiger partial charge in [0, 0.05) is 13.2 Å². The Balaban J connectivity index is 4.32. The third kappa shape index (κ3) is 5.83. The van der Waals surface area contributed by atoms with E-state index in [1.807, 2.05) is 0 Å². The zero-order valence-corrected chi connectivity index (χ0v) is 10.6. The van der Waals surface area contributed by atoms with Crippen LogP contribution in [0.1, 0.15) is 0 Å². The molecule has 2 unspecified atom stereocenters. The Hall–Kier alpha value is 0.194. The second-order valence-corrected chi connectivity index (χ2v) is 9.46. The smallest absolute Gasteiger partial charge is 0.411 e. The van der Waals surface area contributed by atoms with Gasteiger partial charge in [-0.3, -0.25) is 0 Å². The first-order valence-corrected chi connectivity index (χ1v) is 9.04. The molecule has 0 fully saturated rings. The van der Waals surface area contributed by atoms with Gasteiger partial charge in [0.15, 0.2) is 0 Å². The van der Waals surface area contributed by atoms with Crippen LogP contribution in [0.25, 0.3) is 0 Å². The highest BCUT2D eigenvalue weighted by atomic mass is 28.5. The summed E-state index contributed by atoms with van der Waals surface area (Å²) in [7, 11) is -5.19. The van der Waals surface area contributed by atoms with Gasteiger partial charge in [-0.05, 0) is 13.1 Å². The van der Waals surface area contributed by atoms with Crippen LogP contribution in [0.3, 0.4) is 0 Å². The molecular weight excluding hydrogens is 224 g/mol. The zero-order valence-electron chi connectivity index (χ0n) is 8.60. The molecule has 0 aliphatic heterocycles. The average molecular weight is 242 g/mol. The van der Waals surface area contributed by atoms with E-state index in [9.17, 15) is 9.59 Å². The summed E-state index contributed by atoms with van der Waals surface area (Å²) in [5.74, 6) is 0. The summed E-state index contributed by atoms with van der Waals surface area (Å²) >= 11 is 0. The Kier molecular flexibility index (Phi) is 5.40. The highest BCUT2D eigenvalue weighted by Crippen LogP contribution is 2.16. The van der Waals surface area contributed by atoms with E-state index in [0.29, 0.717) is 0 Å². The number of aliphatic hydroxyl groups is 2. The lowest BCUT2D eigenvalue weighted by Crippen LogP contribution is -2.52. The second-order valence-electron chi connectivity index (χ2n) is 3.51. The zero-order chi connectivity index (χ0) is 11.4. The quantitative estimate of drug-likeness (QED) is 0.429. The highest BCUT2D eigenvalue weighted by molar-refractivity contribution is 6.75. The third-order valence-electron chi connectivity index (χ3n) is 1.43. The van der Waals surface area contributed by atoms with E-state index in [1.54, 1.807) is 0 Å². The summed E-state index contributed by atoms with van der Waals surface area (Å²) < 4.78 is 9.80. The minimum Gasteiger partial charge on any atom is -0.411 e. The summed E-state index contributed by atoms with van der Waals surface area (Å²) in [6.45, 7) is 2.49. The van der Waals surface area contributed by atoms with Gasteiger partial charge in [-0.1, -0.05) is 0 Å². The second kappa shape index (κ2) is 5.33. The first kappa shape index (κ1) is 14.2. The first-order valence-electron chi connectivity index (χ1n) is 4.21. The molecule has 0 aliphatic carbocycles. The fraction of sp³-hybridized carbons (Fsp3) is 1.00. The molecule has 0 spiro atoms. The molecule has 0 amide bonds. The lowest BCUT2D eigenvalue weighted by molar-refractivity contribution is 0.0848. The van der Waals surface area contributed by atoms with E-state index >= 15 is 0 Å². The number of rotatable bonds is 6. The Morgan fingerprint density at radius 2 is 1.79 bits per heavy atom. The van der Waals surface area contributed by atoms with E-state index in [2.05, 4.69) is 0 Å². The van der Waals surface area contributed by atoms with Crippen LogP contribution in [-0.4, -0.2) is 57.0 Å². The predicted molar refractivity (Wildman–Crippen MR) is 53.7 cm³/mol. The lowest BCUT2D eigenvalue weighted by Gasteiger charge is -2.29. The summed E-state index contributed by atoms with van der Waals surface area (Å²) in [5.41, 5.74) is 0. The van der Waals surface area contributed by atoms with Crippen molar-refractivity contribution in [1.82, 2.24) is 0 Å². The van der Waals surface area contributed by atoms with E-state index in [1.165, 1.54) is 20.2 Å². The Bertz CT molecular complexity index is 172. The summed E-state index contributed by atoms with van der Waals surface area (Å²) in [4.78, 5) is 19.2. The number of hydrogen-bond donors (Lipinski definition) is 4. The van der Waals surface area contributed by atoms with Crippen LogP contribution in [-0.2, 0) is 8.54 Å². The molecule has 0 aromatic rings. The third-order valence-corrected chi connectivity index (χ3v) is 6.33. The van der Waals surface area contributed by atoms with Crippen molar-refractivity contribution in [3.8, 4) is 0 Å². The summed E-state index contributed by atoms with van der Waals surface area (Å²) in [6, 6.07) is -0.184. The van der Waals surface area contributed by atoms with Crippen molar-refractivity contribution in [2.45, 2.75) is 25.2 Å². The van der Waals surface area contributed by atoms with Crippen molar-refractivity contribution >= 4 is 17.4 Å². The summed E-state index contributed by atoms with van der Waals surface area (Å²) in [5, 5.41) is 17.7. The molecule has 0 aromatic carbocycles. The van der Waals surface area contributed by atoms with Crippen molar-refractivity contribution in [3.63, 3.8) is 0 Å². The number of aliphatic hydroxyl groups excluding tert-OH is 2. The normalized spacial score (nSPS) is 19.1. The summed E-state index contributed by atoms with van der Waals surface area (Å²) in [6.07, 6.45) is -1.09. The SMILES string of the molecule is CO[Si](O)(CC(O)CO)O[Si](C)(C)O. The molecule has 0 rings (SSSR count).